The topological polar surface area (TPSA) is 79.7 Å². The van der Waals surface area contributed by atoms with Crippen molar-refractivity contribution < 1.29 is 14.0 Å². The van der Waals surface area contributed by atoms with Crippen molar-refractivity contribution in [1.82, 2.24) is 0 Å². The van der Waals surface area contributed by atoms with Gasteiger partial charge in [-0.05, 0) is 50.9 Å². The molecule has 0 amide bonds. The van der Waals surface area contributed by atoms with E-state index in [2.05, 4.69) is 0 Å². The molecular formula is C16H25BN2O3. The predicted octanol–water partition coefficient (Wildman–Crippen LogP) is 2.25. The lowest BCUT2D eigenvalue weighted by molar-refractivity contribution is 0.00578. The molecule has 0 unspecified atom stereocenters. The van der Waals surface area contributed by atoms with Crippen molar-refractivity contribution >= 4 is 18.9 Å². The van der Waals surface area contributed by atoms with Gasteiger partial charge in [-0.3, -0.25) is 0 Å². The minimum absolute atomic E-state index is 0.351. The van der Waals surface area contributed by atoms with Crippen molar-refractivity contribution in [2.24, 2.45) is 5.73 Å². The molecule has 0 saturated carbocycles. The van der Waals surface area contributed by atoms with E-state index in [9.17, 15) is 0 Å². The van der Waals surface area contributed by atoms with Crippen LogP contribution < -0.4 is 16.2 Å². The summed E-state index contributed by atoms with van der Waals surface area (Å²) >= 11 is 0. The SMILES string of the molecule is COc1cc(C=C(CN)B2OC(C)(C)C(C)(C)O2)ccc1N. The van der Waals surface area contributed by atoms with Gasteiger partial charge in [-0.1, -0.05) is 12.1 Å². The van der Waals surface area contributed by atoms with Gasteiger partial charge in [0.05, 0.1) is 24.0 Å². The Morgan fingerprint density at radius 2 is 1.82 bits per heavy atom. The standard InChI is InChI=1S/C16H25BN2O3/c1-15(2)16(3,4)22-17(21-15)12(10-18)8-11-6-7-13(19)14(9-11)20-5/h6-9H,10,18-19H2,1-5H3. The second kappa shape index (κ2) is 5.95. The van der Waals surface area contributed by atoms with Crippen molar-refractivity contribution in [3.63, 3.8) is 0 Å². The van der Waals surface area contributed by atoms with Crippen molar-refractivity contribution in [1.29, 1.82) is 0 Å². The lowest BCUT2D eigenvalue weighted by Gasteiger charge is -2.32. The number of nitrogen functional groups attached to an aromatic ring is 1. The number of nitrogens with two attached hydrogens (primary N) is 2. The molecule has 0 aliphatic carbocycles. The van der Waals surface area contributed by atoms with Crippen LogP contribution in [0.4, 0.5) is 5.69 Å². The van der Waals surface area contributed by atoms with Crippen LogP contribution in [0, 0.1) is 0 Å². The van der Waals surface area contributed by atoms with E-state index in [0.29, 0.717) is 18.0 Å². The first-order valence-electron chi connectivity index (χ1n) is 7.40. The first kappa shape index (κ1) is 16.9. The molecule has 2 rings (SSSR count). The van der Waals surface area contributed by atoms with Gasteiger partial charge in [-0.15, -0.1) is 0 Å². The fraction of sp³-hybridized carbons (Fsp3) is 0.500. The largest absolute Gasteiger partial charge is 0.495 e. The normalized spacial score (nSPS) is 20.3. The fourth-order valence-electron chi connectivity index (χ4n) is 2.25. The summed E-state index contributed by atoms with van der Waals surface area (Å²) in [6, 6.07) is 5.60. The molecule has 4 N–H and O–H groups in total. The van der Waals surface area contributed by atoms with E-state index >= 15 is 0 Å². The number of hydrogen-bond donors (Lipinski definition) is 2. The number of anilines is 1. The summed E-state index contributed by atoms with van der Waals surface area (Å²) in [7, 11) is 1.15. The molecule has 0 bridgehead atoms. The maximum absolute atomic E-state index is 6.04. The van der Waals surface area contributed by atoms with Crippen LogP contribution in [0.1, 0.15) is 33.3 Å². The van der Waals surface area contributed by atoms with Crippen molar-refractivity contribution in [3.8, 4) is 5.75 Å². The van der Waals surface area contributed by atoms with Gasteiger partial charge in [0.15, 0.2) is 0 Å². The second-order valence-corrected chi connectivity index (χ2v) is 6.51. The molecule has 1 aliphatic rings. The molecule has 22 heavy (non-hydrogen) atoms. The quantitative estimate of drug-likeness (QED) is 0.659. The van der Waals surface area contributed by atoms with E-state index in [-0.39, 0.29) is 11.2 Å². The molecule has 0 atom stereocenters. The van der Waals surface area contributed by atoms with Crippen LogP contribution in [0.2, 0.25) is 0 Å². The lowest BCUT2D eigenvalue weighted by Crippen LogP contribution is -2.41. The van der Waals surface area contributed by atoms with Crippen molar-refractivity contribution in [2.45, 2.75) is 38.9 Å². The number of ether oxygens (including phenoxy) is 1. The highest BCUT2D eigenvalue weighted by Crippen LogP contribution is 2.38. The van der Waals surface area contributed by atoms with E-state index in [1.807, 2.05) is 52.0 Å². The molecule has 5 nitrogen and oxygen atoms in total. The highest BCUT2D eigenvalue weighted by molar-refractivity contribution is 6.55. The molecule has 1 heterocycles. The van der Waals surface area contributed by atoms with Crippen LogP contribution in [-0.4, -0.2) is 32.0 Å². The zero-order valence-corrected chi connectivity index (χ0v) is 14.0. The number of methoxy groups -OCH3 is 1. The van der Waals surface area contributed by atoms with Gasteiger partial charge in [0.2, 0.25) is 0 Å². The first-order chi connectivity index (χ1) is 10.2. The Hall–Kier alpha value is -1.50. The third-order valence-electron chi connectivity index (χ3n) is 4.40. The number of benzene rings is 1. The molecule has 1 saturated heterocycles. The minimum atomic E-state index is -0.446. The molecular weight excluding hydrogens is 279 g/mol. The molecule has 120 valence electrons. The molecule has 6 heteroatoms. The Labute approximate surface area is 132 Å². The Bertz CT molecular complexity index is 569. The Balaban J connectivity index is 2.29. The predicted molar refractivity (Wildman–Crippen MR) is 90.5 cm³/mol. The maximum atomic E-state index is 6.04. The molecule has 0 aromatic heterocycles. The summed E-state index contributed by atoms with van der Waals surface area (Å²) in [6.45, 7) is 8.44. The first-order valence-corrected chi connectivity index (χ1v) is 7.40. The van der Waals surface area contributed by atoms with E-state index in [4.69, 9.17) is 25.5 Å². The van der Waals surface area contributed by atoms with Crippen LogP contribution in [0.25, 0.3) is 6.08 Å². The van der Waals surface area contributed by atoms with Gasteiger partial charge in [0.1, 0.15) is 5.75 Å². The smallest absolute Gasteiger partial charge is 0.491 e. The third kappa shape index (κ3) is 3.14. The van der Waals surface area contributed by atoms with Crippen LogP contribution >= 0.6 is 0 Å². The average Bonchev–Trinajstić information content (AvgIpc) is 2.66. The van der Waals surface area contributed by atoms with Crippen molar-refractivity contribution in [3.05, 3.63) is 29.2 Å². The van der Waals surface area contributed by atoms with Gasteiger partial charge in [0.25, 0.3) is 0 Å². The molecule has 1 aliphatic heterocycles. The van der Waals surface area contributed by atoms with E-state index in [1.54, 1.807) is 7.11 Å². The van der Waals surface area contributed by atoms with Gasteiger partial charge >= 0.3 is 7.12 Å². The summed E-state index contributed by atoms with van der Waals surface area (Å²) in [5.41, 5.74) is 13.4. The van der Waals surface area contributed by atoms with Gasteiger partial charge < -0.3 is 25.5 Å². The Morgan fingerprint density at radius 1 is 1.23 bits per heavy atom. The van der Waals surface area contributed by atoms with Crippen LogP contribution in [0.3, 0.4) is 0 Å². The highest BCUT2D eigenvalue weighted by atomic mass is 16.7. The monoisotopic (exact) mass is 304 g/mol. The second-order valence-electron chi connectivity index (χ2n) is 6.51. The van der Waals surface area contributed by atoms with Gasteiger partial charge in [-0.25, -0.2) is 0 Å². The highest BCUT2D eigenvalue weighted by Gasteiger charge is 2.52. The summed E-state index contributed by atoms with van der Waals surface area (Å²) in [6.07, 6.45) is 1.96. The molecule has 0 spiro atoms. The van der Waals surface area contributed by atoms with E-state index in [0.717, 1.165) is 11.0 Å². The molecule has 1 fully saturated rings. The fourth-order valence-corrected chi connectivity index (χ4v) is 2.25. The summed E-state index contributed by atoms with van der Waals surface area (Å²) in [5.74, 6) is 0.638. The van der Waals surface area contributed by atoms with E-state index in [1.165, 1.54) is 0 Å². The maximum Gasteiger partial charge on any atom is 0.491 e. The van der Waals surface area contributed by atoms with Crippen LogP contribution in [0.5, 0.6) is 5.75 Å². The zero-order chi connectivity index (χ0) is 16.5. The number of hydrogen-bond acceptors (Lipinski definition) is 5. The van der Waals surface area contributed by atoms with Gasteiger partial charge in [-0.2, -0.15) is 0 Å². The molecule has 0 radical (unpaired) electrons. The van der Waals surface area contributed by atoms with Crippen LogP contribution in [-0.2, 0) is 9.31 Å². The Morgan fingerprint density at radius 3 is 2.32 bits per heavy atom. The molecule has 1 aromatic carbocycles. The Kier molecular flexibility index (Phi) is 4.56. The summed E-state index contributed by atoms with van der Waals surface area (Å²) in [4.78, 5) is 0. The van der Waals surface area contributed by atoms with Gasteiger partial charge in [0, 0.05) is 6.54 Å². The minimum Gasteiger partial charge on any atom is -0.495 e. The summed E-state index contributed by atoms with van der Waals surface area (Å²) in [5, 5.41) is 0. The summed E-state index contributed by atoms with van der Waals surface area (Å²) < 4.78 is 17.3. The zero-order valence-electron chi connectivity index (χ0n) is 14.0. The van der Waals surface area contributed by atoms with Crippen LogP contribution in [0.15, 0.2) is 23.7 Å². The average molecular weight is 304 g/mol. The lowest BCUT2D eigenvalue weighted by atomic mass is 9.77. The molecule has 1 aromatic rings. The third-order valence-corrected chi connectivity index (χ3v) is 4.40. The van der Waals surface area contributed by atoms with E-state index < -0.39 is 7.12 Å². The number of rotatable bonds is 4. The van der Waals surface area contributed by atoms with Crippen molar-refractivity contribution in [2.75, 3.05) is 19.4 Å².